The van der Waals surface area contributed by atoms with E-state index < -0.39 is 4.92 Å². The van der Waals surface area contributed by atoms with Gasteiger partial charge in [0.2, 0.25) is 0 Å². The first-order chi connectivity index (χ1) is 6.43. The van der Waals surface area contributed by atoms with Crippen LogP contribution in [0, 0.1) is 17.0 Å². The Balaban J connectivity index is 3.43. The monoisotopic (exact) mass is 211 g/mol. The van der Waals surface area contributed by atoms with Gasteiger partial charge in [-0.05, 0) is 18.6 Å². The molecule has 74 valence electrons. The smallest absolute Gasteiger partial charge is 0.293 e. The third kappa shape index (κ3) is 1.80. The third-order valence-corrected chi connectivity index (χ3v) is 2.08. The van der Waals surface area contributed by atoms with Crippen LogP contribution in [0.4, 0.5) is 11.4 Å². The normalized spacial score (nSPS) is 9.79. The summed E-state index contributed by atoms with van der Waals surface area (Å²) in [4.78, 5) is 10.2. The molecule has 0 bridgehead atoms. The molecule has 4 N–H and O–H groups in total. The number of hydrogen-bond donors (Lipinski definition) is 2. The van der Waals surface area contributed by atoms with Gasteiger partial charge in [0, 0.05) is 11.6 Å². The van der Waals surface area contributed by atoms with E-state index in [0.717, 1.165) is 0 Å². The minimum absolute atomic E-state index is 0.121. The van der Waals surface area contributed by atoms with Crippen LogP contribution in [0.5, 0.6) is 0 Å². The van der Waals surface area contributed by atoms with Crippen molar-refractivity contribution in [3.63, 3.8) is 0 Å². The highest BCUT2D eigenvalue weighted by Crippen LogP contribution is 2.26. The molecular formula is C8H9N3O2S. The largest absolute Gasteiger partial charge is 0.393 e. The van der Waals surface area contributed by atoms with Crippen molar-refractivity contribution >= 4 is 28.6 Å². The van der Waals surface area contributed by atoms with E-state index in [0.29, 0.717) is 11.1 Å². The van der Waals surface area contributed by atoms with Crippen molar-refractivity contribution in [1.29, 1.82) is 0 Å². The molecule has 5 nitrogen and oxygen atoms in total. The quantitative estimate of drug-likeness (QED) is 0.331. The van der Waals surface area contributed by atoms with Gasteiger partial charge >= 0.3 is 0 Å². The number of benzene rings is 1. The Morgan fingerprint density at radius 3 is 2.57 bits per heavy atom. The van der Waals surface area contributed by atoms with Gasteiger partial charge in [0.05, 0.1) is 4.92 Å². The van der Waals surface area contributed by atoms with Crippen LogP contribution >= 0.6 is 12.2 Å². The average molecular weight is 211 g/mol. The molecule has 0 aliphatic rings. The Hall–Kier alpha value is -1.69. The van der Waals surface area contributed by atoms with Crippen molar-refractivity contribution in [2.45, 2.75) is 6.92 Å². The maximum atomic E-state index is 10.6. The standard InChI is InChI=1S/C8H9N3O2S/c1-4-2-5(8(10)14)3-6(7(4)9)11(12)13/h2-3H,9H2,1H3,(H2,10,14). The van der Waals surface area contributed by atoms with E-state index in [1.54, 1.807) is 13.0 Å². The van der Waals surface area contributed by atoms with Crippen molar-refractivity contribution in [2.24, 2.45) is 5.73 Å². The van der Waals surface area contributed by atoms with Gasteiger partial charge in [0.25, 0.3) is 5.69 Å². The zero-order valence-electron chi connectivity index (χ0n) is 7.48. The summed E-state index contributed by atoms with van der Waals surface area (Å²) in [5, 5.41) is 10.6. The van der Waals surface area contributed by atoms with Crippen molar-refractivity contribution in [2.75, 3.05) is 5.73 Å². The molecule has 0 atom stereocenters. The fourth-order valence-corrected chi connectivity index (χ4v) is 1.19. The molecule has 0 aliphatic carbocycles. The highest BCUT2D eigenvalue weighted by Gasteiger charge is 2.15. The molecule has 0 fully saturated rings. The summed E-state index contributed by atoms with van der Waals surface area (Å²) >= 11 is 4.73. The second kappa shape index (κ2) is 3.59. The van der Waals surface area contributed by atoms with E-state index in [2.05, 4.69) is 0 Å². The van der Waals surface area contributed by atoms with Crippen LogP contribution < -0.4 is 11.5 Å². The predicted octanol–water partition coefficient (Wildman–Crippen LogP) is 1.12. The molecule has 0 heterocycles. The van der Waals surface area contributed by atoms with Crippen LogP contribution in [0.3, 0.4) is 0 Å². The van der Waals surface area contributed by atoms with Crippen molar-refractivity contribution in [3.05, 3.63) is 33.4 Å². The number of thiocarbonyl (C=S) groups is 1. The van der Waals surface area contributed by atoms with Crippen LogP contribution in [0.15, 0.2) is 12.1 Å². The molecule has 0 spiro atoms. The van der Waals surface area contributed by atoms with Gasteiger partial charge in [0.1, 0.15) is 10.7 Å². The number of hydrogen-bond acceptors (Lipinski definition) is 4. The highest BCUT2D eigenvalue weighted by molar-refractivity contribution is 7.80. The Kier molecular flexibility index (Phi) is 2.66. The minimum Gasteiger partial charge on any atom is -0.393 e. The summed E-state index contributed by atoms with van der Waals surface area (Å²) in [6.45, 7) is 1.67. The molecule has 0 saturated heterocycles. The van der Waals surface area contributed by atoms with Gasteiger partial charge in [-0.1, -0.05) is 12.2 Å². The number of nitro benzene ring substituents is 1. The van der Waals surface area contributed by atoms with E-state index >= 15 is 0 Å². The Morgan fingerprint density at radius 1 is 1.57 bits per heavy atom. The van der Waals surface area contributed by atoms with Crippen LogP contribution in [-0.2, 0) is 0 Å². The van der Waals surface area contributed by atoms with Crippen molar-refractivity contribution in [3.8, 4) is 0 Å². The lowest BCUT2D eigenvalue weighted by molar-refractivity contribution is -0.383. The van der Waals surface area contributed by atoms with Crippen molar-refractivity contribution < 1.29 is 4.92 Å². The molecule has 1 rings (SSSR count). The molecule has 0 saturated carbocycles. The van der Waals surface area contributed by atoms with Gasteiger partial charge in [-0.15, -0.1) is 0 Å². The van der Waals surface area contributed by atoms with E-state index in [1.807, 2.05) is 0 Å². The zero-order chi connectivity index (χ0) is 10.9. The number of rotatable bonds is 2. The maximum absolute atomic E-state index is 10.6. The van der Waals surface area contributed by atoms with E-state index in [9.17, 15) is 10.1 Å². The summed E-state index contributed by atoms with van der Waals surface area (Å²) < 4.78 is 0. The van der Waals surface area contributed by atoms with Gasteiger partial charge in [0.15, 0.2) is 0 Å². The molecule has 1 aromatic carbocycles. The van der Waals surface area contributed by atoms with E-state index in [4.69, 9.17) is 23.7 Å². The first-order valence-electron chi connectivity index (χ1n) is 3.77. The van der Waals surface area contributed by atoms with E-state index in [-0.39, 0.29) is 16.4 Å². The molecule has 1 aromatic rings. The summed E-state index contributed by atoms with van der Waals surface area (Å²) in [6, 6.07) is 2.91. The van der Waals surface area contributed by atoms with Crippen LogP contribution in [-0.4, -0.2) is 9.91 Å². The summed E-state index contributed by atoms with van der Waals surface area (Å²) in [5.41, 5.74) is 11.9. The fourth-order valence-electron chi connectivity index (χ4n) is 1.07. The number of nitrogens with zero attached hydrogens (tertiary/aromatic N) is 1. The SMILES string of the molecule is Cc1cc(C(N)=S)cc([N+](=O)[O-])c1N. The Bertz CT molecular complexity index is 417. The second-order valence-corrected chi connectivity index (χ2v) is 3.29. The molecule has 6 heteroatoms. The summed E-state index contributed by atoms with van der Waals surface area (Å²) in [6.07, 6.45) is 0. The lowest BCUT2D eigenvalue weighted by Gasteiger charge is -2.04. The lowest BCUT2D eigenvalue weighted by Crippen LogP contribution is -2.11. The number of nitrogen functional groups attached to an aromatic ring is 1. The zero-order valence-corrected chi connectivity index (χ0v) is 8.30. The average Bonchev–Trinajstić information content (AvgIpc) is 2.08. The van der Waals surface area contributed by atoms with Crippen molar-refractivity contribution in [1.82, 2.24) is 0 Å². The molecule has 0 radical (unpaired) electrons. The molecule has 0 unspecified atom stereocenters. The van der Waals surface area contributed by atoms with E-state index in [1.165, 1.54) is 6.07 Å². The number of aryl methyl sites for hydroxylation is 1. The molecule has 14 heavy (non-hydrogen) atoms. The Morgan fingerprint density at radius 2 is 2.14 bits per heavy atom. The molecule has 0 aliphatic heterocycles. The first kappa shape index (κ1) is 10.4. The first-order valence-corrected chi connectivity index (χ1v) is 4.18. The van der Waals surface area contributed by atoms with Crippen LogP contribution in [0.1, 0.15) is 11.1 Å². The molecule has 0 amide bonds. The fraction of sp³-hybridized carbons (Fsp3) is 0.125. The number of nitro groups is 1. The maximum Gasteiger partial charge on any atom is 0.293 e. The van der Waals surface area contributed by atoms with Gasteiger partial charge in [-0.2, -0.15) is 0 Å². The van der Waals surface area contributed by atoms with Gasteiger partial charge < -0.3 is 11.5 Å². The number of nitrogens with two attached hydrogens (primary N) is 2. The van der Waals surface area contributed by atoms with Gasteiger partial charge in [-0.25, -0.2) is 0 Å². The van der Waals surface area contributed by atoms with Crippen LogP contribution in [0.25, 0.3) is 0 Å². The summed E-state index contributed by atoms with van der Waals surface area (Å²) in [5.74, 6) is 0. The molecular weight excluding hydrogens is 202 g/mol. The minimum atomic E-state index is -0.551. The predicted molar refractivity (Wildman–Crippen MR) is 58.1 cm³/mol. The van der Waals surface area contributed by atoms with Crippen LogP contribution in [0.2, 0.25) is 0 Å². The highest BCUT2D eigenvalue weighted by atomic mass is 32.1. The third-order valence-electron chi connectivity index (χ3n) is 1.85. The molecule has 0 aromatic heterocycles. The number of anilines is 1. The Labute approximate surface area is 85.9 Å². The topological polar surface area (TPSA) is 95.2 Å². The second-order valence-electron chi connectivity index (χ2n) is 2.85. The summed E-state index contributed by atoms with van der Waals surface area (Å²) in [7, 11) is 0. The lowest BCUT2D eigenvalue weighted by atomic mass is 10.1. The van der Waals surface area contributed by atoms with Gasteiger partial charge in [-0.3, -0.25) is 10.1 Å².